The highest BCUT2D eigenvalue weighted by molar-refractivity contribution is 5.91. The van der Waals surface area contributed by atoms with Crippen LogP contribution in [0.4, 0.5) is 0 Å². The monoisotopic (exact) mass is 290 g/mol. The van der Waals surface area contributed by atoms with Crippen LogP contribution in [0.1, 0.15) is 16.8 Å². The second-order valence-corrected chi connectivity index (χ2v) is 5.34. The molecule has 0 fully saturated rings. The Balaban J connectivity index is 1.61. The number of carbonyl (C=O) groups is 1. The van der Waals surface area contributed by atoms with Crippen LogP contribution in [0.25, 0.3) is 17.0 Å². The second kappa shape index (κ2) is 6.31. The number of hydrogen-bond acceptors (Lipinski definition) is 1. The Bertz CT molecular complexity index is 816. The van der Waals surface area contributed by atoms with Crippen molar-refractivity contribution < 1.29 is 4.79 Å². The van der Waals surface area contributed by atoms with Crippen molar-refractivity contribution in [3.63, 3.8) is 0 Å². The van der Waals surface area contributed by atoms with Gasteiger partial charge in [0.15, 0.2) is 0 Å². The van der Waals surface area contributed by atoms with Crippen LogP contribution in [-0.2, 0) is 11.3 Å². The molecule has 2 aromatic carbocycles. The van der Waals surface area contributed by atoms with Gasteiger partial charge in [-0.1, -0.05) is 36.4 Å². The highest BCUT2D eigenvalue weighted by Crippen LogP contribution is 2.16. The Morgan fingerprint density at radius 1 is 1.14 bits per heavy atom. The van der Waals surface area contributed by atoms with Gasteiger partial charge in [0.1, 0.15) is 0 Å². The largest absolute Gasteiger partial charge is 0.359 e. The minimum atomic E-state index is -0.0887. The van der Waals surface area contributed by atoms with Crippen molar-refractivity contribution in [2.75, 3.05) is 0 Å². The summed E-state index contributed by atoms with van der Waals surface area (Å²) in [6.07, 6.45) is 3.38. The van der Waals surface area contributed by atoms with Crippen LogP contribution in [0.2, 0.25) is 0 Å². The van der Waals surface area contributed by atoms with Crippen LogP contribution < -0.4 is 5.32 Å². The molecule has 1 heterocycles. The summed E-state index contributed by atoms with van der Waals surface area (Å²) < 4.78 is 0. The number of amides is 1. The predicted molar refractivity (Wildman–Crippen MR) is 90.4 cm³/mol. The highest BCUT2D eigenvalue weighted by atomic mass is 16.1. The minimum absolute atomic E-state index is 0.0887. The number of hydrogen-bond donors (Lipinski definition) is 2. The van der Waals surface area contributed by atoms with E-state index in [1.165, 1.54) is 5.39 Å². The lowest BCUT2D eigenvalue weighted by Crippen LogP contribution is -2.20. The third-order valence-corrected chi connectivity index (χ3v) is 3.51. The topological polar surface area (TPSA) is 44.9 Å². The summed E-state index contributed by atoms with van der Waals surface area (Å²) in [6, 6.07) is 18.1. The van der Waals surface area contributed by atoms with Crippen molar-refractivity contribution in [3.05, 3.63) is 77.5 Å². The fourth-order valence-electron chi connectivity index (χ4n) is 2.42. The Morgan fingerprint density at radius 2 is 1.95 bits per heavy atom. The zero-order valence-electron chi connectivity index (χ0n) is 12.5. The molecule has 3 rings (SSSR count). The minimum Gasteiger partial charge on any atom is -0.359 e. The number of H-pyrrole nitrogens is 1. The van der Waals surface area contributed by atoms with Crippen LogP contribution >= 0.6 is 0 Å². The number of aryl methyl sites for hydroxylation is 1. The molecule has 1 aromatic heterocycles. The van der Waals surface area contributed by atoms with E-state index in [4.69, 9.17) is 0 Å². The number of fused-ring (bicyclic) bond motifs is 1. The Hall–Kier alpha value is -2.81. The summed E-state index contributed by atoms with van der Waals surface area (Å²) in [4.78, 5) is 15.1. The van der Waals surface area contributed by atoms with E-state index in [9.17, 15) is 4.79 Å². The van der Waals surface area contributed by atoms with E-state index in [1.54, 1.807) is 6.08 Å². The molecule has 0 radical (unpaired) electrons. The van der Waals surface area contributed by atoms with Gasteiger partial charge in [0.2, 0.25) is 5.91 Å². The molecule has 2 N–H and O–H groups in total. The van der Waals surface area contributed by atoms with Crippen molar-refractivity contribution in [2.24, 2.45) is 0 Å². The quantitative estimate of drug-likeness (QED) is 0.705. The van der Waals surface area contributed by atoms with Gasteiger partial charge in [-0.25, -0.2) is 0 Å². The van der Waals surface area contributed by atoms with Gasteiger partial charge in [0, 0.05) is 23.8 Å². The van der Waals surface area contributed by atoms with E-state index in [1.807, 2.05) is 55.5 Å². The first kappa shape index (κ1) is 14.1. The first-order valence-corrected chi connectivity index (χ1v) is 7.30. The zero-order chi connectivity index (χ0) is 15.4. The number of aromatic amines is 1. The first-order valence-electron chi connectivity index (χ1n) is 7.30. The SMILES string of the molecule is Cc1cc2cc(CNC(=O)/C=C/c3ccccc3)ccc2[nH]1. The molecule has 3 aromatic rings. The van der Waals surface area contributed by atoms with Gasteiger partial charge in [-0.3, -0.25) is 4.79 Å². The number of carbonyl (C=O) groups excluding carboxylic acids is 1. The fraction of sp³-hybridized carbons (Fsp3) is 0.105. The van der Waals surface area contributed by atoms with E-state index < -0.39 is 0 Å². The number of rotatable bonds is 4. The summed E-state index contributed by atoms with van der Waals surface area (Å²) in [7, 11) is 0. The first-order chi connectivity index (χ1) is 10.7. The maximum atomic E-state index is 11.9. The lowest BCUT2D eigenvalue weighted by atomic mass is 10.1. The van der Waals surface area contributed by atoms with Crippen LogP contribution in [0.15, 0.2) is 60.7 Å². The van der Waals surface area contributed by atoms with Gasteiger partial charge in [-0.15, -0.1) is 0 Å². The zero-order valence-corrected chi connectivity index (χ0v) is 12.5. The maximum absolute atomic E-state index is 11.9. The second-order valence-electron chi connectivity index (χ2n) is 5.34. The summed E-state index contributed by atoms with van der Waals surface area (Å²) in [5.41, 5.74) is 4.37. The molecule has 0 atom stereocenters. The van der Waals surface area contributed by atoms with Crippen LogP contribution in [0.3, 0.4) is 0 Å². The van der Waals surface area contributed by atoms with Crippen LogP contribution in [0.5, 0.6) is 0 Å². The van der Waals surface area contributed by atoms with Crippen molar-refractivity contribution in [2.45, 2.75) is 13.5 Å². The van der Waals surface area contributed by atoms with Gasteiger partial charge < -0.3 is 10.3 Å². The third-order valence-electron chi connectivity index (χ3n) is 3.51. The molecule has 0 aliphatic rings. The molecule has 0 spiro atoms. The van der Waals surface area contributed by atoms with E-state index in [0.29, 0.717) is 6.54 Å². The Labute approximate surface area is 129 Å². The molecule has 3 heteroatoms. The lowest BCUT2D eigenvalue weighted by molar-refractivity contribution is -0.116. The van der Waals surface area contributed by atoms with Crippen molar-refractivity contribution >= 4 is 22.9 Å². The summed E-state index contributed by atoms with van der Waals surface area (Å²) in [6.45, 7) is 2.56. The van der Waals surface area contributed by atoms with Crippen molar-refractivity contribution in [3.8, 4) is 0 Å². The number of benzene rings is 2. The fourth-order valence-corrected chi connectivity index (χ4v) is 2.42. The Morgan fingerprint density at radius 3 is 2.77 bits per heavy atom. The molecule has 0 saturated heterocycles. The maximum Gasteiger partial charge on any atom is 0.244 e. The van der Waals surface area contributed by atoms with E-state index in [-0.39, 0.29) is 5.91 Å². The normalized spacial score (nSPS) is 11.1. The van der Waals surface area contributed by atoms with Crippen molar-refractivity contribution in [1.82, 2.24) is 10.3 Å². The molecule has 22 heavy (non-hydrogen) atoms. The molecular formula is C19H18N2O. The summed E-state index contributed by atoms with van der Waals surface area (Å²) >= 11 is 0. The standard InChI is InChI=1S/C19H18N2O/c1-14-11-17-12-16(7-9-18(17)21-14)13-20-19(22)10-8-15-5-3-2-4-6-15/h2-12,21H,13H2,1H3,(H,20,22)/b10-8+. The van der Waals surface area contributed by atoms with Gasteiger partial charge in [-0.05, 0) is 47.7 Å². The molecule has 0 aliphatic heterocycles. The molecule has 0 bridgehead atoms. The summed E-state index contributed by atoms with van der Waals surface area (Å²) in [5.74, 6) is -0.0887. The molecule has 1 amide bonds. The molecular weight excluding hydrogens is 272 g/mol. The molecule has 0 saturated carbocycles. The van der Waals surface area contributed by atoms with Crippen LogP contribution in [-0.4, -0.2) is 10.9 Å². The molecule has 0 aliphatic carbocycles. The van der Waals surface area contributed by atoms with Gasteiger partial charge in [0.05, 0.1) is 0 Å². The van der Waals surface area contributed by atoms with Gasteiger partial charge >= 0.3 is 0 Å². The third kappa shape index (κ3) is 3.44. The highest BCUT2D eigenvalue weighted by Gasteiger charge is 2.01. The van der Waals surface area contributed by atoms with E-state index >= 15 is 0 Å². The van der Waals surface area contributed by atoms with Crippen molar-refractivity contribution in [1.29, 1.82) is 0 Å². The molecule has 3 nitrogen and oxygen atoms in total. The lowest BCUT2D eigenvalue weighted by Gasteiger charge is -2.03. The average molecular weight is 290 g/mol. The number of aromatic nitrogens is 1. The Kier molecular flexibility index (Phi) is 4.05. The van der Waals surface area contributed by atoms with E-state index in [2.05, 4.69) is 22.4 Å². The average Bonchev–Trinajstić information content (AvgIpc) is 2.91. The van der Waals surface area contributed by atoms with E-state index in [0.717, 1.165) is 22.3 Å². The molecule has 110 valence electrons. The van der Waals surface area contributed by atoms with Gasteiger partial charge in [0.25, 0.3) is 0 Å². The van der Waals surface area contributed by atoms with Gasteiger partial charge in [-0.2, -0.15) is 0 Å². The predicted octanol–water partition coefficient (Wildman–Crippen LogP) is 3.81. The number of nitrogens with one attached hydrogen (secondary N) is 2. The molecule has 0 unspecified atom stereocenters. The smallest absolute Gasteiger partial charge is 0.244 e. The summed E-state index contributed by atoms with van der Waals surface area (Å²) in [5, 5.41) is 4.08. The van der Waals surface area contributed by atoms with Crippen LogP contribution in [0, 0.1) is 6.92 Å².